The lowest BCUT2D eigenvalue weighted by Crippen LogP contribution is -2.52. The maximum Gasteiger partial charge on any atom is 0.309 e. The summed E-state index contributed by atoms with van der Waals surface area (Å²) in [5.41, 5.74) is -0.393. The minimum absolute atomic E-state index is 0.0616. The number of carboxylic acids is 1. The van der Waals surface area contributed by atoms with E-state index < -0.39 is 11.4 Å². The van der Waals surface area contributed by atoms with Crippen LogP contribution in [0.25, 0.3) is 0 Å². The van der Waals surface area contributed by atoms with Gasteiger partial charge in [0.15, 0.2) is 0 Å². The lowest BCUT2D eigenvalue weighted by molar-refractivity contribution is -0.182. The molecule has 1 aliphatic heterocycles. The Hall–Kier alpha value is -0.570. The van der Waals surface area contributed by atoms with Crippen LogP contribution < -0.4 is 0 Å². The van der Waals surface area contributed by atoms with Gasteiger partial charge in [-0.05, 0) is 56.8 Å². The second-order valence-electron chi connectivity index (χ2n) is 7.24. The quantitative estimate of drug-likeness (QED) is 0.830. The van der Waals surface area contributed by atoms with Crippen LogP contribution in [0, 0.1) is 17.3 Å². The van der Waals surface area contributed by atoms with E-state index in [1.807, 2.05) is 0 Å². The zero-order valence-electron chi connectivity index (χ0n) is 12.0. The van der Waals surface area contributed by atoms with E-state index in [-0.39, 0.29) is 5.60 Å². The molecule has 0 aromatic carbocycles. The van der Waals surface area contributed by atoms with Gasteiger partial charge in [-0.2, -0.15) is 0 Å². The predicted molar refractivity (Wildman–Crippen MR) is 73.0 cm³/mol. The van der Waals surface area contributed by atoms with Crippen LogP contribution in [0.1, 0.15) is 64.7 Å². The van der Waals surface area contributed by atoms with E-state index in [1.165, 1.54) is 12.8 Å². The molecule has 3 aliphatic rings. The summed E-state index contributed by atoms with van der Waals surface area (Å²) in [4.78, 5) is 12.0. The Balaban J connectivity index is 1.81. The summed E-state index contributed by atoms with van der Waals surface area (Å²) in [6.45, 7) is 2.99. The minimum atomic E-state index is -0.541. The molecule has 1 spiro atoms. The first-order valence-electron chi connectivity index (χ1n) is 7.94. The van der Waals surface area contributed by atoms with Crippen molar-refractivity contribution in [1.29, 1.82) is 0 Å². The van der Waals surface area contributed by atoms with Crippen molar-refractivity contribution < 1.29 is 14.6 Å². The summed E-state index contributed by atoms with van der Waals surface area (Å²) in [5, 5.41) is 9.88. The molecule has 2 aliphatic carbocycles. The predicted octanol–water partition coefficient (Wildman–Crippen LogP) is 3.62. The number of hydrogen-bond acceptors (Lipinski definition) is 2. The van der Waals surface area contributed by atoms with Crippen LogP contribution >= 0.6 is 0 Å². The summed E-state index contributed by atoms with van der Waals surface area (Å²) in [6, 6.07) is 0. The van der Waals surface area contributed by atoms with Gasteiger partial charge in [-0.1, -0.05) is 19.8 Å². The van der Waals surface area contributed by atoms with Gasteiger partial charge in [0.25, 0.3) is 0 Å². The Bertz CT molecular complexity index is 361. The third kappa shape index (κ3) is 2.20. The van der Waals surface area contributed by atoms with Gasteiger partial charge in [-0.15, -0.1) is 0 Å². The number of aliphatic carboxylic acids is 1. The summed E-state index contributed by atoms with van der Waals surface area (Å²) in [7, 11) is 0. The normalized spacial score (nSPS) is 41.7. The zero-order chi connectivity index (χ0) is 13.5. The third-order valence-electron chi connectivity index (χ3n) is 6.00. The van der Waals surface area contributed by atoms with Gasteiger partial charge in [0.05, 0.1) is 11.0 Å². The van der Waals surface area contributed by atoms with Gasteiger partial charge in [-0.3, -0.25) is 4.79 Å². The number of rotatable bonds is 2. The first-order chi connectivity index (χ1) is 9.06. The highest BCUT2D eigenvalue weighted by atomic mass is 16.5. The molecule has 3 nitrogen and oxygen atoms in total. The molecule has 0 radical (unpaired) electrons. The highest BCUT2D eigenvalue weighted by Crippen LogP contribution is 2.54. The zero-order valence-corrected chi connectivity index (χ0v) is 12.0. The van der Waals surface area contributed by atoms with E-state index in [4.69, 9.17) is 4.74 Å². The van der Waals surface area contributed by atoms with Gasteiger partial charge in [0.2, 0.25) is 0 Å². The summed E-state index contributed by atoms with van der Waals surface area (Å²) >= 11 is 0. The molecule has 3 fully saturated rings. The summed E-state index contributed by atoms with van der Waals surface area (Å²) in [6.07, 6.45) is 9.53. The van der Waals surface area contributed by atoms with Crippen LogP contribution in [0.15, 0.2) is 0 Å². The molecule has 0 aromatic heterocycles. The van der Waals surface area contributed by atoms with Gasteiger partial charge in [-0.25, -0.2) is 0 Å². The van der Waals surface area contributed by atoms with Crippen molar-refractivity contribution in [3.63, 3.8) is 0 Å². The Morgan fingerprint density at radius 1 is 1.16 bits per heavy atom. The van der Waals surface area contributed by atoms with Crippen LogP contribution in [0.4, 0.5) is 0 Å². The standard InChI is InChI=1S/C16H26O3/c1-12-4-2-8-16(10-12,14(17)18)13-5-9-19-15(11-13)6-3-7-15/h12-13H,2-11H2,1H3,(H,17,18). The first-order valence-corrected chi connectivity index (χ1v) is 7.94. The van der Waals surface area contributed by atoms with Gasteiger partial charge < -0.3 is 9.84 Å². The molecular weight excluding hydrogens is 240 g/mol. The van der Waals surface area contributed by atoms with E-state index >= 15 is 0 Å². The number of hydrogen-bond donors (Lipinski definition) is 1. The minimum Gasteiger partial charge on any atom is -0.481 e. The largest absolute Gasteiger partial charge is 0.481 e. The van der Waals surface area contributed by atoms with Crippen molar-refractivity contribution in [2.24, 2.45) is 17.3 Å². The Kier molecular flexibility index (Phi) is 3.36. The van der Waals surface area contributed by atoms with Crippen LogP contribution in [-0.2, 0) is 9.53 Å². The molecule has 0 bridgehead atoms. The van der Waals surface area contributed by atoms with E-state index in [0.29, 0.717) is 11.8 Å². The SMILES string of the molecule is CC1CCCC(C(=O)O)(C2CCOC3(CCC3)C2)C1. The topological polar surface area (TPSA) is 46.5 Å². The molecule has 3 atom stereocenters. The van der Waals surface area contributed by atoms with Crippen molar-refractivity contribution in [2.45, 2.75) is 70.3 Å². The average Bonchev–Trinajstić information content (AvgIpc) is 2.36. The maximum atomic E-state index is 12.0. The second-order valence-corrected chi connectivity index (χ2v) is 7.24. The van der Waals surface area contributed by atoms with Gasteiger partial charge in [0, 0.05) is 6.61 Å². The molecule has 108 valence electrons. The molecule has 1 heterocycles. The van der Waals surface area contributed by atoms with Crippen LogP contribution in [-0.4, -0.2) is 23.3 Å². The van der Waals surface area contributed by atoms with E-state index in [2.05, 4.69) is 6.92 Å². The van der Waals surface area contributed by atoms with E-state index in [9.17, 15) is 9.90 Å². The van der Waals surface area contributed by atoms with Crippen molar-refractivity contribution >= 4 is 5.97 Å². The molecule has 1 saturated heterocycles. The van der Waals surface area contributed by atoms with Crippen LogP contribution in [0.2, 0.25) is 0 Å². The lowest BCUT2D eigenvalue weighted by Gasteiger charge is -2.52. The third-order valence-corrected chi connectivity index (χ3v) is 6.00. The monoisotopic (exact) mass is 266 g/mol. The molecule has 19 heavy (non-hydrogen) atoms. The summed E-state index contributed by atoms with van der Waals surface area (Å²) < 4.78 is 5.98. The Labute approximate surface area is 115 Å². The van der Waals surface area contributed by atoms with Crippen molar-refractivity contribution in [3.05, 3.63) is 0 Å². The number of ether oxygens (including phenoxy) is 1. The Morgan fingerprint density at radius 3 is 2.53 bits per heavy atom. The van der Waals surface area contributed by atoms with Gasteiger partial charge >= 0.3 is 5.97 Å². The average molecular weight is 266 g/mol. The molecular formula is C16H26O3. The summed E-state index contributed by atoms with van der Waals surface area (Å²) in [5.74, 6) is 0.354. The molecule has 0 aromatic rings. The molecule has 2 saturated carbocycles. The fourth-order valence-corrected chi connectivity index (χ4v) is 4.75. The Morgan fingerprint density at radius 2 is 1.95 bits per heavy atom. The van der Waals surface area contributed by atoms with Gasteiger partial charge in [0.1, 0.15) is 0 Å². The maximum absolute atomic E-state index is 12.0. The number of carbonyl (C=O) groups is 1. The van der Waals surface area contributed by atoms with Crippen molar-refractivity contribution in [2.75, 3.05) is 6.61 Å². The fourth-order valence-electron chi connectivity index (χ4n) is 4.75. The smallest absolute Gasteiger partial charge is 0.309 e. The highest BCUT2D eigenvalue weighted by molar-refractivity contribution is 5.75. The van der Waals surface area contributed by atoms with E-state index in [0.717, 1.165) is 51.6 Å². The second kappa shape index (κ2) is 4.76. The fraction of sp³-hybridized carbons (Fsp3) is 0.938. The van der Waals surface area contributed by atoms with Crippen LogP contribution in [0.5, 0.6) is 0 Å². The van der Waals surface area contributed by atoms with E-state index in [1.54, 1.807) is 0 Å². The first kappa shape index (κ1) is 13.4. The number of carboxylic acid groups (broad SMARTS) is 1. The molecule has 3 unspecified atom stereocenters. The molecule has 3 rings (SSSR count). The molecule has 0 amide bonds. The van der Waals surface area contributed by atoms with Crippen molar-refractivity contribution in [1.82, 2.24) is 0 Å². The molecule has 1 N–H and O–H groups in total. The van der Waals surface area contributed by atoms with Crippen molar-refractivity contribution in [3.8, 4) is 0 Å². The highest BCUT2D eigenvalue weighted by Gasteiger charge is 2.53. The van der Waals surface area contributed by atoms with Crippen LogP contribution in [0.3, 0.4) is 0 Å². The molecule has 3 heteroatoms. The lowest BCUT2D eigenvalue weighted by atomic mass is 9.57.